The van der Waals surface area contributed by atoms with E-state index >= 15 is 0 Å². The van der Waals surface area contributed by atoms with Gasteiger partial charge in [-0.3, -0.25) is 4.79 Å². The van der Waals surface area contributed by atoms with Crippen LogP contribution in [-0.4, -0.2) is 18.0 Å². The number of benzene rings is 1. The maximum Gasteiger partial charge on any atom is 1.00 e. The van der Waals surface area contributed by atoms with E-state index in [0.29, 0.717) is 0 Å². The molecule has 1 aromatic carbocycles. The molecule has 0 radical (unpaired) electrons. The van der Waals surface area contributed by atoms with Crippen LogP contribution in [0.2, 0.25) is 0 Å². The van der Waals surface area contributed by atoms with Crippen molar-refractivity contribution in [3.63, 3.8) is 0 Å². The molecule has 0 atom stereocenters. The summed E-state index contributed by atoms with van der Waals surface area (Å²) < 4.78 is 0. The largest absolute Gasteiger partial charge is 1.00 e. The van der Waals surface area contributed by atoms with Crippen molar-refractivity contribution >= 4 is 11.6 Å². The second kappa shape index (κ2) is 7.39. The molecule has 0 aliphatic heterocycles. The molecule has 18 heavy (non-hydrogen) atoms. The van der Waals surface area contributed by atoms with E-state index in [0.717, 1.165) is 24.2 Å². The van der Waals surface area contributed by atoms with Gasteiger partial charge in [-0.15, -0.1) is 0 Å². The Kier molecular flexibility index (Phi) is 6.96. The zero-order valence-electron chi connectivity index (χ0n) is 12.5. The average molecular weight is 271 g/mol. The van der Waals surface area contributed by atoms with Crippen LogP contribution in [0.3, 0.4) is 0 Å². The molecule has 0 aliphatic carbocycles. The fourth-order valence-electron chi connectivity index (χ4n) is 1.51. The highest BCUT2D eigenvalue weighted by Crippen LogP contribution is 2.15. The molecule has 1 aromatic rings. The lowest BCUT2D eigenvalue weighted by atomic mass is 10.0. The van der Waals surface area contributed by atoms with Crippen molar-refractivity contribution in [3.8, 4) is 0 Å². The first-order valence-electron chi connectivity index (χ1n) is 6.09. The van der Waals surface area contributed by atoms with Crippen LogP contribution in [-0.2, 0) is 4.79 Å². The first-order chi connectivity index (χ1) is 7.97. The number of rotatable bonds is 5. The van der Waals surface area contributed by atoms with Gasteiger partial charge in [-0.25, -0.2) is 0 Å². The molecule has 0 aromatic heterocycles. The summed E-state index contributed by atoms with van der Waals surface area (Å²) >= 11 is 0. The normalized spacial score (nSPS) is 10.7. The molecule has 0 bridgehead atoms. The van der Waals surface area contributed by atoms with Crippen molar-refractivity contribution in [3.05, 3.63) is 29.8 Å². The summed E-state index contributed by atoms with van der Waals surface area (Å²) in [6.45, 7) is 8.71. The van der Waals surface area contributed by atoms with Gasteiger partial charge in [-0.2, -0.15) is 0 Å². The molecule has 3 nitrogen and oxygen atoms in total. The van der Waals surface area contributed by atoms with Crippen LogP contribution >= 0.6 is 0 Å². The van der Waals surface area contributed by atoms with Gasteiger partial charge >= 0.3 is 1.43 Å². The van der Waals surface area contributed by atoms with E-state index in [1.807, 2.05) is 45.0 Å². The van der Waals surface area contributed by atoms with E-state index in [-0.39, 0.29) is 19.7 Å². The molecule has 1 amide bonds. The van der Waals surface area contributed by atoms with Gasteiger partial charge in [0.2, 0.25) is 5.91 Å². The molecular formula is C14H23ClN2O. The molecule has 0 fully saturated rings. The number of aryl methyl sites for hydroxylation is 1. The number of amides is 1. The Morgan fingerprint density at radius 1 is 1.33 bits per heavy atom. The quantitative estimate of drug-likeness (QED) is 0.780. The molecule has 2 N–H and O–H groups in total. The number of halogens is 1. The SMILES string of the molecule is CCCNC(C)(C)C(=O)Nc1ccccc1C.[Cl-].[H+]. The second-order valence-corrected chi connectivity index (χ2v) is 4.82. The van der Waals surface area contributed by atoms with Gasteiger partial charge in [0, 0.05) is 5.69 Å². The minimum Gasteiger partial charge on any atom is -1.00 e. The number of anilines is 1. The van der Waals surface area contributed by atoms with E-state index in [9.17, 15) is 4.79 Å². The molecule has 0 spiro atoms. The molecule has 0 saturated carbocycles. The average Bonchev–Trinajstić information content (AvgIpc) is 2.29. The summed E-state index contributed by atoms with van der Waals surface area (Å²) in [5, 5.41) is 6.19. The third kappa shape index (κ3) is 4.67. The summed E-state index contributed by atoms with van der Waals surface area (Å²) in [6.07, 6.45) is 1.01. The van der Waals surface area contributed by atoms with Crippen LogP contribution in [0.25, 0.3) is 0 Å². The van der Waals surface area contributed by atoms with Crippen molar-refractivity contribution < 1.29 is 18.6 Å². The first-order valence-corrected chi connectivity index (χ1v) is 6.09. The van der Waals surface area contributed by atoms with Crippen molar-refractivity contribution in [1.82, 2.24) is 5.32 Å². The fraction of sp³-hybridized carbons (Fsp3) is 0.500. The Bertz CT molecular complexity index is 397. The van der Waals surface area contributed by atoms with Crippen molar-refractivity contribution in [2.45, 2.75) is 39.7 Å². The van der Waals surface area contributed by atoms with E-state index < -0.39 is 5.54 Å². The van der Waals surface area contributed by atoms with E-state index in [2.05, 4.69) is 17.6 Å². The van der Waals surface area contributed by atoms with Crippen LogP contribution < -0.4 is 23.0 Å². The maximum absolute atomic E-state index is 12.1. The zero-order valence-corrected chi connectivity index (χ0v) is 12.3. The minimum atomic E-state index is -0.543. The van der Waals surface area contributed by atoms with Crippen LogP contribution in [0.4, 0.5) is 5.69 Å². The van der Waals surface area contributed by atoms with Crippen LogP contribution in [0.5, 0.6) is 0 Å². The highest BCUT2D eigenvalue weighted by atomic mass is 35.5. The van der Waals surface area contributed by atoms with Crippen molar-refractivity contribution in [2.24, 2.45) is 0 Å². The first kappa shape index (κ1) is 16.9. The minimum absolute atomic E-state index is 0. The summed E-state index contributed by atoms with van der Waals surface area (Å²) in [7, 11) is 0. The smallest absolute Gasteiger partial charge is 1.00 e. The summed E-state index contributed by atoms with van der Waals surface area (Å²) in [5.41, 5.74) is 1.41. The van der Waals surface area contributed by atoms with Gasteiger partial charge in [0.05, 0.1) is 5.54 Å². The maximum atomic E-state index is 12.1. The van der Waals surface area contributed by atoms with Crippen LogP contribution in [0.15, 0.2) is 24.3 Å². The van der Waals surface area contributed by atoms with E-state index in [1.54, 1.807) is 0 Å². The molecule has 0 unspecified atom stereocenters. The predicted octanol–water partition coefficient (Wildman–Crippen LogP) is -0.172. The Morgan fingerprint density at radius 3 is 2.50 bits per heavy atom. The molecular weight excluding hydrogens is 248 g/mol. The van der Waals surface area contributed by atoms with Gasteiger partial charge in [0.25, 0.3) is 0 Å². The summed E-state index contributed by atoms with van der Waals surface area (Å²) in [5.74, 6) is 0.000231. The predicted molar refractivity (Wildman–Crippen MR) is 73.3 cm³/mol. The fourth-order valence-corrected chi connectivity index (χ4v) is 1.51. The lowest BCUT2D eigenvalue weighted by Crippen LogP contribution is -3.00. The van der Waals surface area contributed by atoms with Crippen LogP contribution in [0.1, 0.15) is 34.2 Å². The number of nitrogens with one attached hydrogen (secondary N) is 2. The third-order valence-corrected chi connectivity index (χ3v) is 2.78. The lowest BCUT2D eigenvalue weighted by molar-refractivity contribution is -0.121. The highest BCUT2D eigenvalue weighted by Gasteiger charge is 2.26. The standard InChI is InChI=1S/C14H22N2O.ClH/c1-5-10-15-14(3,4)13(17)16-12-9-7-6-8-11(12)2;/h6-9,15H,5,10H2,1-4H3,(H,16,17);1H. The summed E-state index contributed by atoms with van der Waals surface area (Å²) in [6, 6.07) is 7.80. The molecule has 102 valence electrons. The molecule has 4 heteroatoms. The topological polar surface area (TPSA) is 41.1 Å². The number of para-hydroxylation sites is 1. The molecule has 1 rings (SSSR count). The Labute approximate surface area is 117 Å². The Hall–Kier alpha value is -1.06. The number of hydrogen-bond donors (Lipinski definition) is 2. The van der Waals surface area contributed by atoms with Gasteiger partial charge < -0.3 is 23.0 Å². The lowest BCUT2D eigenvalue weighted by Gasteiger charge is -2.25. The van der Waals surface area contributed by atoms with Gasteiger partial charge in [0.15, 0.2) is 0 Å². The molecule has 0 heterocycles. The second-order valence-electron chi connectivity index (χ2n) is 4.82. The van der Waals surface area contributed by atoms with E-state index in [4.69, 9.17) is 0 Å². The van der Waals surface area contributed by atoms with Crippen molar-refractivity contribution in [1.29, 1.82) is 0 Å². The Morgan fingerprint density at radius 2 is 1.94 bits per heavy atom. The zero-order chi connectivity index (χ0) is 12.9. The molecule has 0 saturated heterocycles. The third-order valence-electron chi connectivity index (χ3n) is 2.78. The summed E-state index contributed by atoms with van der Waals surface area (Å²) in [4.78, 5) is 12.1. The number of carbonyl (C=O) groups is 1. The highest BCUT2D eigenvalue weighted by molar-refractivity contribution is 5.98. The Balaban J connectivity index is 0. The van der Waals surface area contributed by atoms with Crippen LogP contribution in [0, 0.1) is 6.92 Å². The molecule has 0 aliphatic rings. The van der Waals surface area contributed by atoms with Crippen molar-refractivity contribution in [2.75, 3.05) is 11.9 Å². The van der Waals surface area contributed by atoms with Gasteiger partial charge in [0.1, 0.15) is 0 Å². The van der Waals surface area contributed by atoms with Gasteiger partial charge in [-0.05, 0) is 45.4 Å². The number of hydrogen-bond acceptors (Lipinski definition) is 2. The van der Waals surface area contributed by atoms with Gasteiger partial charge in [-0.1, -0.05) is 25.1 Å². The van der Waals surface area contributed by atoms with E-state index in [1.165, 1.54) is 0 Å². The number of carbonyl (C=O) groups excluding carboxylic acids is 1. The monoisotopic (exact) mass is 270 g/mol.